The van der Waals surface area contributed by atoms with Crippen molar-refractivity contribution in [2.24, 2.45) is 0 Å². The SMILES string of the molecule is CNC(c1ccc(OC)c(Cl)c1)c1nc2c(s1)CCCC2. The molecule has 5 heteroatoms. The van der Waals surface area contributed by atoms with Crippen LogP contribution < -0.4 is 10.1 Å². The number of ether oxygens (including phenoxy) is 1. The van der Waals surface area contributed by atoms with Crippen molar-refractivity contribution in [2.45, 2.75) is 31.7 Å². The minimum Gasteiger partial charge on any atom is -0.495 e. The molecule has 1 heterocycles. The lowest BCUT2D eigenvalue weighted by atomic mass is 10.0. The maximum atomic E-state index is 6.25. The Balaban J connectivity index is 1.94. The topological polar surface area (TPSA) is 34.1 Å². The smallest absolute Gasteiger partial charge is 0.137 e. The van der Waals surface area contributed by atoms with Crippen molar-refractivity contribution < 1.29 is 4.74 Å². The largest absolute Gasteiger partial charge is 0.495 e. The molecule has 112 valence electrons. The van der Waals surface area contributed by atoms with E-state index in [9.17, 15) is 0 Å². The van der Waals surface area contributed by atoms with Gasteiger partial charge in [0.2, 0.25) is 0 Å². The van der Waals surface area contributed by atoms with Crippen LogP contribution in [0.15, 0.2) is 18.2 Å². The third-order valence-corrected chi connectivity index (χ3v) is 5.42. The molecule has 21 heavy (non-hydrogen) atoms. The summed E-state index contributed by atoms with van der Waals surface area (Å²) in [7, 11) is 3.59. The second-order valence-electron chi connectivity index (χ2n) is 5.24. The van der Waals surface area contributed by atoms with Crippen molar-refractivity contribution in [3.8, 4) is 5.75 Å². The molecule has 3 nitrogen and oxygen atoms in total. The lowest BCUT2D eigenvalue weighted by Crippen LogP contribution is -2.17. The summed E-state index contributed by atoms with van der Waals surface area (Å²) in [6, 6.07) is 6.01. The Labute approximate surface area is 134 Å². The predicted octanol–water partition coefficient (Wildman–Crippen LogP) is 3.99. The van der Waals surface area contributed by atoms with Gasteiger partial charge in [0.15, 0.2) is 0 Å². The van der Waals surface area contributed by atoms with Crippen LogP contribution in [0.2, 0.25) is 5.02 Å². The summed E-state index contributed by atoms with van der Waals surface area (Å²) in [5.74, 6) is 0.703. The van der Waals surface area contributed by atoms with Crippen LogP contribution in [0.25, 0.3) is 0 Å². The van der Waals surface area contributed by atoms with Gasteiger partial charge in [0.05, 0.1) is 23.9 Å². The highest BCUT2D eigenvalue weighted by atomic mass is 35.5. The van der Waals surface area contributed by atoms with Gasteiger partial charge in [0, 0.05) is 4.88 Å². The highest BCUT2D eigenvalue weighted by Crippen LogP contribution is 2.34. The number of hydrogen-bond donors (Lipinski definition) is 1. The molecule has 1 aromatic carbocycles. The van der Waals surface area contributed by atoms with E-state index in [4.69, 9.17) is 21.3 Å². The van der Waals surface area contributed by atoms with Gasteiger partial charge in [-0.1, -0.05) is 17.7 Å². The Morgan fingerprint density at radius 2 is 2.14 bits per heavy atom. The van der Waals surface area contributed by atoms with E-state index in [-0.39, 0.29) is 6.04 Å². The first-order valence-electron chi connectivity index (χ1n) is 7.22. The fourth-order valence-corrected chi connectivity index (χ4v) is 4.35. The molecule has 0 saturated carbocycles. The number of halogens is 1. The van der Waals surface area contributed by atoms with Gasteiger partial charge in [0.25, 0.3) is 0 Å². The number of aromatic nitrogens is 1. The lowest BCUT2D eigenvalue weighted by molar-refractivity contribution is 0.414. The second-order valence-corrected chi connectivity index (χ2v) is 6.77. The van der Waals surface area contributed by atoms with Crippen molar-refractivity contribution in [3.05, 3.63) is 44.4 Å². The van der Waals surface area contributed by atoms with Crippen LogP contribution in [0, 0.1) is 0 Å². The Kier molecular flexibility index (Phi) is 4.48. The van der Waals surface area contributed by atoms with E-state index in [1.807, 2.05) is 36.6 Å². The summed E-state index contributed by atoms with van der Waals surface area (Å²) < 4.78 is 5.22. The summed E-state index contributed by atoms with van der Waals surface area (Å²) in [6.45, 7) is 0. The first-order valence-corrected chi connectivity index (χ1v) is 8.41. The van der Waals surface area contributed by atoms with E-state index < -0.39 is 0 Å². The third-order valence-electron chi connectivity index (χ3n) is 3.91. The first kappa shape index (κ1) is 14.8. The van der Waals surface area contributed by atoms with Gasteiger partial charge >= 0.3 is 0 Å². The number of hydrogen-bond acceptors (Lipinski definition) is 4. The molecule has 0 fully saturated rings. The molecule has 1 atom stereocenters. The van der Waals surface area contributed by atoms with Crippen LogP contribution >= 0.6 is 22.9 Å². The van der Waals surface area contributed by atoms with E-state index in [0.717, 1.165) is 17.0 Å². The second kappa shape index (κ2) is 6.34. The first-order chi connectivity index (χ1) is 10.2. The van der Waals surface area contributed by atoms with Crippen molar-refractivity contribution in [2.75, 3.05) is 14.2 Å². The number of aryl methyl sites for hydroxylation is 2. The van der Waals surface area contributed by atoms with Gasteiger partial charge in [-0.15, -0.1) is 11.3 Å². The number of thiazole rings is 1. The van der Waals surface area contributed by atoms with Crippen LogP contribution in [0.3, 0.4) is 0 Å². The molecule has 1 aliphatic carbocycles. The maximum Gasteiger partial charge on any atom is 0.137 e. The van der Waals surface area contributed by atoms with Crippen molar-refractivity contribution in [1.82, 2.24) is 10.3 Å². The monoisotopic (exact) mass is 322 g/mol. The Bertz CT molecular complexity index is 618. The number of nitrogens with zero attached hydrogens (tertiary/aromatic N) is 1. The standard InChI is InChI=1S/C16H19ClN2OS/c1-18-15(10-7-8-13(20-2)11(17)9-10)16-19-12-5-3-4-6-14(12)21-16/h7-9,15,18H,3-6H2,1-2H3. The van der Waals surface area contributed by atoms with Crippen LogP contribution in [0.1, 0.15) is 40.0 Å². The van der Waals surface area contributed by atoms with Crippen LogP contribution in [-0.4, -0.2) is 19.1 Å². The molecular formula is C16H19ClN2OS. The van der Waals surface area contributed by atoms with Crippen molar-refractivity contribution >= 4 is 22.9 Å². The van der Waals surface area contributed by atoms with Gasteiger partial charge in [-0.25, -0.2) is 4.98 Å². The zero-order valence-electron chi connectivity index (χ0n) is 12.3. The van der Waals surface area contributed by atoms with E-state index >= 15 is 0 Å². The average Bonchev–Trinajstić information content (AvgIpc) is 2.91. The molecule has 1 aliphatic rings. The fraction of sp³-hybridized carbons (Fsp3) is 0.438. The van der Waals surface area contributed by atoms with Gasteiger partial charge in [-0.05, 0) is 50.4 Å². The summed E-state index contributed by atoms with van der Waals surface area (Å²) in [5, 5.41) is 5.12. The van der Waals surface area contributed by atoms with E-state index in [1.165, 1.54) is 29.8 Å². The van der Waals surface area contributed by atoms with E-state index in [2.05, 4.69) is 5.32 Å². The lowest BCUT2D eigenvalue weighted by Gasteiger charge is -2.15. The molecule has 0 bridgehead atoms. The Morgan fingerprint density at radius 3 is 2.81 bits per heavy atom. The van der Waals surface area contributed by atoms with Crippen LogP contribution in [-0.2, 0) is 12.8 Å². The normalized spacial score (nSPS) is 15.6. The minimum absolute atomic E-state index is 0.0870. The maximum absolute atomic E-state index is 6.25. The number of fused-ring (bicyclic) bond motifs is 1. The molecule has 1 unspecified atom stereocenters. The highest BCUT2D eigenvalue weighted by molar-refractivity contribution is 7.11. The molecule has 0 aliphatic heterocycles. The van der Waals surface area contributed by atoms with Gasteiger partial charge in [-0.2, -0.15) is 0 Å². The number of nitrogens with one attached hydrogen (secondary N) is 1. The zero-order chi connectivity index (χ0) is 14.8. The summed E-state index contributed by atoms with van der Waals surface area (Å²) in [5.41, 5.74) is 2.41. The summed E-state index contributed by atoms with van der Waals surface area (Å²) in [4.78, 5) is 6.31. The molecular weight excluding hydrogens is 304 g/mol. The molecule has 0 saturated heterocycles. The van der Waals surface area contributed by atoms with Crippen LogP contribution in [0.4, 0.5) is 0 Å². The van der Waals surface area contributed by atoms with E-state index in [1.54, 1.807) is 7.11 Å². The molecule has 0 amide bonds. The van der Waals surface area contributed by atoms with E-state index in [0.29, 0.717) is 10.8 Å². The quantitative estimate of drug-likeness (QED) is 0.924. The summed E-state index contributed by atoms with van der Waals surface area (Å²) in [6.07, 6.45) is 4.83. The molecule has 1 N–H and O–H groups in total. The Morgan fingerprint density at radius 1 is 1.33 bits per heavy atom. The third kappa shape index (κ3) is 2.93. The van der Waals surface area contributed by atoms with Gasteiger partial charge in [-0.3, -0.25) is 0 Å². The average molecular weight is 323 g/mol. The van der Waals surface area contributed by atoms with Gasteiger partial charge in [0.1, 0.15) is 10.8 Å². The predicted molar refractivity (Wildman–Crippen MR) is 87.7 cm³/mol. The zero-order valence-corrected chi connectivity index (χ0v) is 13.9. The number of methoxy groups -OCH3 is 1. The molecule has 1 aromatic heterocycles. The molecule has 2 aromatic rings. The van der Waals surface area contributed by atoms with Gasteiger partial charge < -0.3 is 10.1 Å². The Hall–Kier alpha value is -1.10. The number of benzene rings is 1. The molecule has 3 rings (SSSR count). The highest BCUT2D eigenvalue weighted by Gasteiger charge is 2.21. The summed E-state index contributed by atoms with van der Waals surface area (Å²) >= 11 is 8.08. The molecule has 0 radical (unpaired) electrons. The van der Waals surface area contributed by atoms with Crippen molar-refractivity contribution in [3.63, 3.8) is 0 Å². The molecule has 0 spiro atoms. The fourth-order valence-electron chi connectivity index (χ4n) is 2.79. The van der Waals surface area contributed by atoms with Crippen LogP contribution in [0.5, 0.6) is 5.75 Å². The number of rotatable bonds is 4. The minimum atomic E-state index is 0.0870. The van der Waals surface area contributed by atoms with Crippen molar-refractivity contribution in [1.29, 1.82) is 0 Å².